The Hall–Kier alpha value is -3.88. The Morgan fingerprint density at radius 2 is 1.51 bits per heavy atom. The molecule has 1 amide bonds. The van der Waals surface area contributed by atoms with E-state index in [2.05, 4.69) is 5.32 Å². The summed E-state index contributed by atoms with van der Waals surface area (Å²) in [5.41, 5.74) is 14.3. The molecule has 1 aliphatic carbocycles. The summed E-state index contributed by atoms with van der Waals surface area (Å²) in [6, 6.07) is 20.6. The number of rotatable bonds is 10. The fourth-order valence-electron chi connectivity index (χ4n) is 4.57. The first kappa shape index (κ1) is 31.6. The Labute approximate surface area is 246 Å². The maximum Gasteiger partial charge on any atom is 0.326 e. The number of amides is 1. The molecule has 4 rings (SSSR count). The highest BCUT2D eigenvalue weighted by Crippen LogP contribution is 2.28. The Morgan fingerprint density at radius 1 is 0.927 bits per heavy atom. The summed E-state index contributed by atoms with van der Waals surface area (Å²) in [5.74, 6) is -0.114. The van der Waals surface area contributed by atoms with Crippen LogP contribution in [0.4, 0.5) is 5.69 Å². The van der Waals surface area contributed by atoms with Crippen molar-refractivity contribution in [1.82, 2.24) is 5.32 Å². The molecular weight excluding hydrogens is 542 g/mol. The molecule has 0 radical (unpaired) electrons. The van der Waals surface area contributed by atoms with Gasteiger partial charge < -0.3 is 26.6 Å². The average Bonchev–Trinajstić information content (AvgIpc) is 2.97. The average molecular weight is 580 g/mol. The number of benzene rings is 3. The lowest BCUT2D eigenvalue weighted by Gasteiger charge is -2.27. The van der Waals surface area contributed by atoms with Gasteiger partial charge in [0.2, 0.25) is 5.91 Å². The monoisotopic (exact) mass is 579 g/mol. The quantitative estimate of drug-likeness (QED) is 0.189. The van der Waals surface area contributed by atoms with Crippen LogP contribution in [0.5, 0.6) is 5.75 Å². The Balaban J connectivity index is 0.000000389. The molecule has 0 bridgehead atoms. The maximum absolute atomic E-state index is 12.6. The van der Waals surface area contributed by atoms with Crippen molar-refractivity contribution in [3.63, 3.8) is 0 Å². The predicted octanol–water partition coefficient (Wildman–Crippen LogP) is 5.27. The minimum Gasteiger partial charge on any atom is -0.489 e. The van der Waals surface area contributed by atoms with E-state index in [0.29, 0.717) is 41.1 Å². The molecule has 3 aromatic rings. The molecule has 9 heteroatoms. The van der Waals surface area contributed by atoms with E-state index in [4.69, 9.17) is 27.8 Å². The van der Waals surface area contributed by atoms with Crippen molar-refractivity contribution in [1.29, 1.82) is 0 Å². The van der Waals surface area contributed by atoms with Gasteiger partial charge in [0.15, 0.2) is 5.78 Å². The van der Waals surface area contributed by atoms with Crippen LogP contribution < -0.4 is 21.5 Å². The summed E-state index contributed by atoms with van der Waals surface area (Å²) in [6.45, 7) is 2.59. The van der Waals surface area contributed by atoms with Gasteiger partial charge >= 0.3 is 5.97 Å². The lowest BCUT2D eigenvalue weighted by Crippen LogP contribution is -2.45. The number of nitrogens with two attached hydrogens (primary N) is 2. The number of nitrogen functional groups attached to an aromatic ring is 1. The summed E-state index contributed by atoms with van der Waals surface area (Å²) >= 11 is 5.88. The van der Waals surface area contributed by atoms with Crippen molar-refractivity contribution in [3.8, 4) is 5.75 Å². The third-order valence-electron chi connectivity index (χ3n) is 7.16. The van der Waals surface area contributed by atoms with Gasteiger partial charge in [-0.15, -0.1) is 0 Å². The van der Waals surface area contributed by atoms with Crippen LogP contribution in [-0.4, -0.2) is 35.4 Å². The second-order valence-corrected chi connectivity index (χ2v) is 10.7. The number of carbonyl (C=O) groups is 3. The van der Waals surface area contributed by atoms with E-state index in [1.165, 1.54) is 6.92 Å². The topological polar surface area (TPSA) is 145 Å². The van der Waals surface area contributed by atoms with Crippen molar-refractivity contribution < 1.29 is 24.2 Å². The molecule has 1 fully saturated rings. The summed E-state index contributed by atoms with van der Waals surface area (Å²) in [7, 11) is 0. The van der Waals surface area contributed by atoms with Gasteiger partial charge in [0.1, 0.15) is 18.4 Å². The standard InChI is InChI=1S/C24H29ClN2O4.C8H9NO/c25-20-9-3-18(4-10-20)15-31-21-11-5-16(6-12-21)13-22(24(29)30)27-23(28)19-7-1-17(14-26)2-8-19;1-6(10)7-2-4-8(9)5-3-7/h3-6,9-12,17,19,22H,1-2,7-8,13-15,26H2,(H,27,28)(H,29,30);2-5H,9H2,1H3/t17-,19-,22-;/m0./s1. The third kappa shape index (κ3) is 10.6. The zero-order valence-corrected chi connectivity index (χ0v) is 24.0. The van der Waals surface area contributed by atoms with Crippen LogP contribution in [0.1, 0.15) is 54.1 Å². The number of aliphatic carboxylic acids is 1. The number of halogens is 1. The SMILES string of the molecule is CC(=O)c1ccc(N)cc1.NC[C@H]1CC[C@H](C(=O)N[C@@H](Cc2ccc(OCc3ccc(Cl)cc3)cc2)C(=O)O)CC1. The second-order valence-electron chi connectivity index (χ2n) is 10.3. The number of anilines is 1. The molecule has 1 saturated carbocycles. The number of carboxylic acid groups (broad SMARTS) is 1. The zero-order chi connectivity index (χ0) is 29.8. The maximum atomic E-state index is 12.6. The van der Waals surface area contributed by atoms with Crippen LogP contribution in [0.15, 0.2) is 72.8 Å². The van der Waals surface area contributed by atoms with Gasteiger partial charge in [-0.25, -0.2) is 4.79 Å². The largest absolute Gasteiger partial charge is 0.489 e. The van der Waals surface area contributed by atoms with E-state index in [-0.39, 0.29) is 24.0 Å². The van der Waals surface area contributed by atoms with Crippen LogP contribution in [-0.2, 0) is 22.6 Å². The fraction of sp³-hybridized carbons (Fsp3) is 0.344. The first-order valence-corrected chi connectivity index (χ1v) is 14.1. The van der Waals surface area contributed by atoms with Gasteiger partial charge in [-0.05, 0) is 105 Å². The summed E-state index contributed by atoms with van der Waals surface area (Å²) in [6.07, 6.45) is 3.59. The summed E-state index contributed by atoms with van der Waals surface area (Å²) < 4.78 is 5.76. The van der Waals surface area contributed by atoms with E-state index >= 15 is 0 Å². The first-order chi connectivity index (χ1) is 19.6. The number of hydrogen-bond donors (Lipinski definition) is 4. The van der Waals surface area contributed by atoms with E-state index in [9.17, 15) is 19.5 Å². The summed E-state index contributed by atoms with van der Waals surface area (Å²) in [5, 5.41) is 13.0. The van der Waals surface area contributed by atoms with Crippen molar-refractivity contribution in [2.24, 2.45) is 17.6 Å². The van der Waals surface area contributed by atoms with E-state index in [1.807, 2.05) is 36.4 Å². The fourth-order valence-corrected chi connectivity index (χ4v) is 4.70. The Morgan fingerprint density at radius 3 is 2.05 bits per heavy atom. The molecule has 6 N–H and O–H groups in total. The molecule has 0 saturated heterocycles. The van der Waals surface area contributed by atoms with Gasteiger partial charge in [-0.1, -0.05) is 35.9 Å². The molecular formula is C32H38ClN3O5. The van der Waals surface area contributed by atoms with E-state index < -0.39 is 12.0 Å². The zero-order valence-electron chi connectivity index (χ0n) is 23.2. The van der Waals surface area contributed by atoms with Gasteiger partial charge in [0.05, 0.1) is 0 Å². The highest BCUT2D eigenvalue weighted by Gasteiger charge is 2.29. The molecule has 1 atom stereocenters. The van der Waals surface area contributed by atoms with Crippen molar-refractivity contribution in [3.05, 3.63) is 94.5 Å². The molecule has 0 unspecified atom stereocenters. The number of hydrogen-bond acceptors (Lipinski definition) is 6. The molecule has 0 spiro atoms. The van der Waals surface area contributed by atoms with E-state index in [1.54, 1.807) is 36.4 Å². The van der Waals surface area contributed by atoms with Crippen LogP contribution in [0.3, 0.4) is 0 Å². The summed E-state index contributed by atoms with van der Waals surface area (Å²) in [4.78, 5) is 35.0. The van der Waals surface area contributed by atoms with Crippen molar-refractivity contribution in [2.45, 2.75) is 51.7 Å². The number of nitrogens with one attached hydrogen (secondary N) is 1. The molecule has 0 aromatic heterocycles. The lowest BCUT2D eigenvalue weighted by molar-refractivity contribution is -0.142. The molecule has 3 aromatic carbocycles. The number of Topliss-reactive ketones (excluding diaryl/α,β-unsaturated/α-hetero) is 1. The third-order valence-corrected chi connectivity index (χ3v) is 7.42. The lowest BCUT2D eigenvalue weighted by atomic mass is 9.81. The van der Waals surface area contributed by atoms with Gasteiger partial charge in [-0.2, -0.15) is 0 Å². The van der Waals surface area contributed by atoms with E-state index in [0.717, 1.165) is 36.8 Å². The van der Waals surface area contributed by atoms with Crippen molar-refractivity contribution in [2.75, 3.05) is 12.3 Å². The molecule has 8 nitrogen and oxygen atoms in total. The number of carboxylic acids is 1. The van der Waals surface area contributed by atoms with Crippen LogP contribution in [0.2, 0.25) is 5.02 Å². The highest BCUT2D eigenvalue weighted by molar-refractivity contribution is 6.30. The molecule has 0 heterocycles. The van der Waals surface area contributed by atoms with Gasteiger partial charge in [0.25, 0.3) is 0 Å². The normalized spacial score (nSPS) is 17.0. The molecule has 41 heavy (non-hydrogen) atoms. The predicted molar refractivity (Wildman–Crippen MR) is 161 cm³/mol. The number of ether oxygens (including phenoxy) is 1. The minimum absolute atomic E-state index is 0.0694. The van der Waals surface area contributed by atoms with Crippen LogP contribution in [0, 0.1) is 11.8 Å². The second kappa shape index (κ2) is 15.8. The Bertz CT molecular complexity index is 1270. The molecule has 218 valence electrons. The van der Waals surface area contributed by atoms with Gasteiger partial charge in [0, 0.05) is 28.6 Å². The van der Waals surface area contributed by atoms with Crippen LogP contribution >= 0.6 is 11.6 Å². The number of carbonyl (C=O) groups excluding carboxylic acids is 2. The smallest absolute Gasteiger partial charge is 0.326 e. The van der Waals surface area contributed by atoms with Gasteiger partial charge in [-0.3, -0.25) is 9.59 Å². The van der Waals surface area contributed by atoms with Crippen LogP contribution in [0.25, 0.3) is 0 Å². The molecule has 0 aliphatic heterocycles. The highest BCUT2D eigenvalue weighted by atomic mass is 35.5. The van der Waals surface area contributed by atoms with Crippen molar-refractivity contribution >= 4 is 34.9 Å². The minimum atomic E-state index is -1.04. The first-order valence-electron chi connectivity index (χ1n) is 13.7. The molecule has 1 aliphatic rings. The Kier molecular flexibility index (Phi) is 12.2. The number of ketones is 1.